The van der Waals surface area contributed by atoms with Crippen molar-refractivity contribution in [1.82, 2.24) is 5.32 Å². The average molecular weight is 225 g/mol. The van der Waals surface area contributed by atoms with Crippen molar-refractivity contribution in [1.29, 1.82) is 0 Å². The van der Waals surface area contributed by atoms with Crippen molar-refractivity contribution < 1.29 is 9.52 Å². The molecule has 0 saturated carbocycles. The normalized spacial score (nSPS) is 16.1. The Hall–Kier alpha value is -0.800. The van der Waals surface area contributed by atoms with Gasteiger partial charge in [-0.05, 0) is 24.8 Å². The van der Waals surface area contributed by atoms with Crippen molar-refractivity contribution >= 4 is 0 Å². The third kappa shape index (κ3) is 3.65. The quantitative estimate of drug-likeness (QED) is 0.810. The molecule has 0 aliphatic heterocycles. The minimum Gasteiger partial charge on any atom is -0.472 e. The minimum absolute atomic E-state index is 0.140. The molecule has 2 atom stereocenters. The lowest BCUT2D eigenvalue weighted by Crippen LogP contribution is -2.42. The van der Waals surface area contributed by atoms with Gasteiger partial charge in [-0.25, -0.2) is 0 Å². The lowest BCUT2D eigenvalue weighted by atomic mass is 9.84. The maximum atomic E-state index is 9.08. The molecule has 0 spiro atoms. The maximum absolute atomic E-state index is 9.08. The second-order valence-corrected chi connectivity index (χ2v) is 5.38. The first-order chi connectivity index (χ1) is 7.45. The first kappa shape index (κ1) is 13.3. The van der Waals surface area contributed by atoms with Crippen molar-refractivity contribution in [2.24, 2.45) is 5.41 Å². The fraction of sp³-hybridized carbons (Fsp3) is 0.692. The van der Waals surface area contributed by atoms with Crippen LogP contribution in [-0.2, 0) is 0 Å². The molecule has 2 unspecified atom stereocenters. The second-order valence-electron chi connectivity index (χ2n) is 5.38. The van der Waals surface area contributed by atoms with E-state index in [1.165, 1.54) is 0 Å². The molecule has 1 aromatic heterocycles. The number of aliphatic hydroxyl groups excluding tert-OH is 1. The molecule has 1 aromatic rings. The van der Waals surface area contributed by atoms with Gasteiger partial charge in [0.15, 0.2) is 0 Å². The van der Waals surface area contributed by atoms with Gasteiger partial charge in [-0.1, -0.05) is 20.8 Å². The first-order valence-corrected chi connectivity index (χ1v) is 5.84. The Bertz CT molecular complexity index is 287. The summed E-state index contributed by atoms with van der Waals surface area (Å²) < 4.78 is 5.07. The van der Waals surface area contributed by atoms with E-state index in [0.717, 1.165) is 12.0 Å². The standard InChI is InChI=1S/C13H23NO2/c1-10(11-6-8-16-9-11)14-12(5-7-15)13(2,3)4/h6,8-10,12,14-15H,5,7H2,1-4H3. The summed E-state index contributed by atoms with van der Waals surface area (Å²) in [6.45, 7) is 8.88. The minimum atomic E-state index is 0.140. The van der Waals surface area contributed by atoms with E-state index in [1.807, 2.05) is 6.07 Å². The Morgan fingerprint density at radius 1 is 1.44 bits per heavy atom. The van der Waals surface area contributed by atoms with Gasteiger partial charge >= 0.3 is 0 Å². The predicted molar refractivity (Wildman–Crippen MR) is 65.2 cm³/mol. The zero-order valence-corrected chi connectivity index (χ0v) is 10.7. The van der Waals surface area contributed by atoms with E-state index in [2.05, 4.69) is 33.0 Å². The highest BCUT2D eigenvalue weighted by molar-refractivity contribution is 5.10. The molecular weight excluding hydrogens is 202 g/mol. The molecule has 0 aliphatic rings. The zero-order valence-electron chi connectivity index (χ0n) is 10.7. The Balaban J connectivity index is 2.62. The fourth-order valence-corrected chi connectivity index (χ4v) is 1.81. The Kier molecular flexibility index (Phi) is 4.56. The summed E-state index contributed by atoms with van der Waals surface area (Å²) >= 11 is 0. The topological polar surface area (TPSA) is 45.4 Å². The van der Waals surface area contributed by atoms with Crippen LogP contribution >= 0.6 is 0 Å². The second kappa shape index (κ2) is 5.51. The molecule has 92 valence electrons. The lowest BCUT2D eigenvalue weighted by molar-refractivity contribution is 0.188. The number of hydrogen-bond acceptors (Lipinski definition) is 3. The van der Waals surface area contributed by atoms with Crippen molar-refractivity contribution in [3.63, 3.8) is 0 Å². The van der Waals surface area contributed by atoms with Gasteiger partial charge in [-0.2, -0.15) is 0 Å². The summed E-state index contributed by atoms with van der Waals surface area (Å²) in [5.41, 5.74) is 1.29. The van der Waals surface area contributed by atoms with Crippen LogP contribution in [0.2, 0.25) is 0 Å². The summed E-state index contributed by atoms with van der Waals surface area (Å²) in [7, 11) is 0. The van der Waals surface area contributed by atoms with Gasteiger partial charge in [-0.3, -0.25) is 0 Å². The van der Waals surface area contributed by atoms with Crippen LogP contribution in [-0.4, -0.2) is 17.8 Å². The summed E-state index contributed by atoms with van der Waals surface area (Å²) in [4.78, 5) is 0. The van der Waals surface area contributed by atoms with Gasteiger partial charge in [0.05, 0.1) is 12.5 Å². The summed E-state index contributed by atoms with van der Waals surface area (Å²) in [6.07, 6.45) is 4.22. The largest absolute Gasteiger partial charge is 0.472 e. The Labute approximate surface area is 97.9 Å². The third-order valence-corrected chi connectivity index (χ3v) is 2.96. The highest BCUT2D eigenvalue weighted by Gasteiger charge is 2.25. The van der Waals surface area contributed by atoms with Gasteiger partial charge < -0.3 is 14.8 Å². The lowest BCUT2D eigenvalue weighted by Gasteiger charge is -2.33. The number of furan rings is 1. The molecule has 0 saturated heterocycles. The summed E-state index contributed by atoms with van der Waals surface area (Å²) in [6, 6.07) is 2.51. The number of nitrogens with one attached hydrogen (secondary N) is 1. The van der Waals surface area contributed by atoms with Crippen LogP contribution in [0.25, 0.3) is 0 Å². The third-order valence-electron chi connectivity index (χ3n) is 2.96. The Morgan fingerprint density at radius 3 is 2.56 bits per heavy atom. The van der Waals surface area contributed by atoms with Crippen molar-refractivity contribution in [2.45, 2.75) is 46.2 Å². The molecule has 0 aliphatic carbocycles. The monoisotopic (exact) mass is 225 g/mol. The molecule has 0 radical (unpaired) electrons. The van der Waals surface area contributed by atoms with Crippen LogP contribution in [0.4, 0.5) is 0 Å². The predicted octanol–water partition coefficient (Wildman–Crippen LogP) is 2.73. The van der Waals surface area contributed by atoms with Crippen molar-refractivity contribution in [3.8, 4) is 0 Å². The Morgan fingerprint density at radius 2 is 2.12 bits per heavy atom. The molecule has 0 bridgehead atoms. The van der Waals surface area contributed by atoms with E-state index in [1.54, 1.807) is 12.5 Å². The first-order valence-electron chi connectivity index (χ1n) is 5.84. The molecule has 0 amide bonds. The molecule has 0 aromatic carbocycles. The van der Waals surface area contributed by atoms with E-state index >= 15 is 0 Å². The van der Waals surface area contributed by atoms with Crippen LogP contribution in [0.15, 0.2) is 23.0 Å². The van der Waals surface area contributed by atoms with Gasteiger partial charge in [0.25, 0.3) is 0 Å². The number of hydrogen-bond donors (Lipinski definition) is 2. The van der Waals surface area contributed by atoms with E-state index in [0.29, 0.717) is 6.04 Å². The van der Waals surface area contributed by atoms with Gasteiger partial charge in [-0.15, -0.1) is 0 Å². The maximum Gasteiger partial charge on any atom is 0.0950 e. The molecule has 16 heavy (non-hydrogen) atoms. The van der Waals surface area contributed by atoms with Crippen LogP contribution in [0.3, 0.4) is 0 Å². The van der Waals surface area contributed by atoms with E-state index in [9.17, 15) is 0 Å². The van der Waals surface area contributed by atoms with E-state index in [4.69, 9.17) is 9.52 Å². The van der Waals surface area contributed by atoms with Crippen molar-refractivity contribution in [2.75, 3.05) is 6.61 Å². The molecular formula is C13H23NO2. The number of aliphatic hydroxyl groups is 1. The number of rotatable bonds is 5. The van der Waals surface area contributed by atoms with Gasteiger partial charge in [0.2, 0.25) is 0 Å². The fourth-order valence-electron chi connectivity index (χ4n) is 1.81. The molecule has 2 N–H and O–H groups in total. The SMILES string of the molecule is CC(NC(CCO)C(C)(C)C)c1ccoc1. The van der Waals surface area contributed by atoms with Gasteiger partial charge in [0, 0.05) is 24.3 Å². The molecule has 1 heterocycles. The molecule has 0 fully saturated rings. The van der Waals surface area contributed by atoms with E-state index < -0.39 is 0 Å². The van der Waals surface area contributed by atoms with Crippen LogP contribution in [0, 0.1) is 5.41 Å². The van der Waals surface area contributed by atoms with Crippen molar-refractivity contribution in [3.05, 3.63) is 24.2 Å². The van der Waals surface area contributed by atoms with E-state index in [-0.39, 0.29) is 18.1 Å². The van der Waals surface area contributed by atoms with Crippen LogP contribution in [0.5, 0.6) is 0 Å². The van der Waals surface area contributed by atoms with Crippen LogP contribution in [0.1, 0.15) is 45.7 Å². The molecule has 3 nitrogen and oxygen atoms in total. The summed E-state index contributed by atoms with van der Waals surface area (Å²) in [5, 5.41) is 12.6. The van der Waals surface area contributed by atoms with Crippen LogP contribution < -0.4 is 5.32 Å². The smallest absolute Gasteiger partial charge is 0.0950 e. The van der Waals surface area contributed by atoms with Gasteiger partial charge in [0.1, 0.15) is 0 Å². The molecule has 3 heteroatoms. The zero-order chi connectivity index (χ0) is 12.2. The average Bonchev–Trinajstić information content (AvgIpc) is 2.68. The summed E-state index contributed by atoms with van der Waals surface area (Å²) in [5.74, 6) is 0. The highest BCUT2D eigenvalue weighted by Crippen LogP contribution is 2.25. The molecule has 1 rings (SSSR count). The highest BCUT2D eigenvalue weighted by atomic mass is 16.3.